The van der Waals surface area contributed by atoms with Gasteiger partial charge in [-0.25, -0.2) is 5.10 Å². The molecule has 0 aliphatic rings. The van der Waals surface area contributed by atoms with E-state index in [0.717, 1.165) is 16.8 Å². The quantitative estimate of drug-likeness (QED) is 0.562. The van der Waals surface area contributed by atoms with Crippen molar-refractivity contribution in [3.05, 3.63) is 63.9 Å². The first-order valence-corrected chi connectivity index (χ1v) is 8.09. The summed E-state index contributed by atoms with van der Waals surface area (Å²) in [5.74, 6) is 0.576. The van der Waals surface area contributed by atoms with Crippen LogP contribution in [0.25, 0.3) is 11.4 Å². The van der Waals surface area contributed by atoms with Gasteiger partial charge in [0.2, 0.25) is 4.77 Å². The third-order valence-electron chi connectivity index (χ3n) is 3.50. The standard InChI is InChI=1S/C17H16ClN5S/c1-22(2)13-9-7-12(8-10-13)11-19-23-16(20-21-17(23)24)14-5-3-4-6-15(14)18/h3-11H,1-2H3,(H,21,24)/b19-11-. The molecule has 0 saturated carbocycles. The number of benzene rings is 2. The number of rotatable bonds is 4. The van der Waals surface area contributed by atoms with Crippen molar-refractivity contribution in [3.63, 3.8) is 0 Å². The SMILES string of the molecule is CN(C)c1ccc(/C=N\n2c(-c3ccccc3Cl)n[nH]c2=S)cc1. The zero-order chi connectivity index (χ0) is 17.1. The third-order valence-corrected chi connectivity index (χ3v) is 4.09. The Morgan fingerprint density at radius 2 is 1.88 bits per heavy atom. The van der Waals surface area contributed by atoms with Crippen LogP contribution in [-0.4, -0.2) is 35.2 Å². The molecule has 0 bridgehead atoms. The average Bonchev–Trinajstić information content (AvgIpc) is 2.94. The molecule has 0 radical (unpaired) electrons. The largest absolute Gasteiger partial charge is 0.378 e. The van der Waals surface area contributed by atoms with Gasteiger partial charge in [0.25, 0.3) is 0 Å². The molecule has 7 heteroatoms. The van der Waals surface area contributed by atoms with Crippen molar-refractivity contribution in [1.29, 1.82) is 0 Å². The maximum atomic E-state index is 6.25. The van der Waals surface area contributed by atoms with Gasteiger partial charge in [-0.05, 0) is 42.0 Å². The molecule has 3 aromatic rings. The van der Waals surface area contributed by atoms with Crippen LogP contribution in [0.3, 0.4) is 0 Å². The first-order valence-electron chi connectivity index (χ1n) is 7.30. The molecule has 0 fully saturated rings. The summed E-state index contributed by atoms with van der Waals surface area (Å²) in [6, 6.07) is 15.5. The fourth-order valence-corrected chi connectivity index (χ4v) is 2.60. The number of aromatic amines is 1. The van der Waals surface area contributed by atoms with Crippen molar-refractivity contribution >= 4 is 35.7 Å². The number of nitrogens with one attached hydrogen (secondary N) is 1. The molecule has 122 valence electrons. The summed E-state index contributed by atoms with van der Waals surface area (Å²) in [4.78, 5) is 2.04. The number of nitrogens with zero attached hydrogens (tertiary/aromatic N) is 4. The molecule has 0 aliphatic carbocycles. The summed E-state index contributed by atoms with van der Waals surface area (Å²) in [5, 5.41) is 12.0. The lowest BCUT2D eigenvalue weighted by Crippen LogP contribution is -2.08. The van der Waals surface area contributed by atoms with Crippen molar-refractivity contribution in [2.45, 2.75) is 0 Å². The van der Waals surface area contributed by atoms with Crippen LogP contribution in [0.15, 0.2) is 53.6 Å². The second-order valence-electron chi connectivity index (χ2n) is 5.37. The van der Waals surface area contributed by atoms with Gasteiger partial charge in [-0.2, -0.15) is 14.9 Å². The molecule has 5 nitrogen and oxygen atoms in total. The van der Waals surface area contributed by atoms with Crippen LogP contribution in [-0.2, 0) is 0 Å². The van der Waals surface area contributed by atoms with Crippen LogP contribution >= 0.6 is 23.8 Å². The summed E-state index contributed by atoms with van der Waals surface area (Å²) >= 11 is 11.5. The molecule has 1 aromatic heterocycles. The number of hydrogen-bond donors (Lipinski definition) is 1. The highest BCUT2D eigenvalue weighted by Gasteiger charge is 2.11. The van der Waals surface area contributed by atoms with Crippen molar-refractivity contribution < 1.29 is 0 Å². The lowest BCUT2D eigenvalue weighted by atomic mass is 10.2. The molecule has 0 amide bonds. The van der Waals surface area contributed by atoms with E-state index < -0.39 is 0 Å². The molecule has 1 heterocycles. The second-order valence-corrected chi connectivity index (χ2v) is 6.17. The molecular formula is C17H16ClN5S. The summed E-state index contributed by atoms with van der Waals surface area (Å²) in [5.41, 5.74) is 2.87. The lowest BCUT2D eigenvalue weighted by Gasteiger charge is -2.11. The van der Waals surface area contributed by atoms with Crippen LogP contribution in [0.5, 0.6) is 0 Å². The van der Waals surface area contributed by atoms with E-state index in [9.17, 15) is 0 Å². The molecule has 24 heavy (non-hydrogen) atoms. The van der Waals surface area contributed by atoms with Crippen molar-refractivity contribution in [1.82, 2.24) is 14.9 Å². The van der Waals surface area contributed by atoms with Crippen molar-refractivity contribution in [3.8, 4) is 11.4 Å². The van der Waals surface area contributed by atoms with Gasteiger partial charge in [-0.15, -0.1) is 0 Å². The monoisotopic (exact) mass is 357 g/mol. The van der Waals surface area contributed by atoms with Crippen LogP contribution in [0.1, 0.15) is 5.56 Å². The highest BCUT2D eigenvalue weighted by atomic mass is 35.5. The fraction of sp³-hybridized carbons (Fsp3) is 0.118. The Kier molecular flexibility index (Phi) is 4.78. The Labute approximate surface area is 150 Å². The normalized spacial score (nSPS) is 11.1. The Morgan fingerprint density at radius 1 is 1.17 bits per heavy atom. The zero-order valence-electron chi connectivity index (χ0n) is 13.3. The van der Waals surface area contributed by atoms with Gasteiger partial charge >= 0.3 is 0 Å². The van der Waals surface area contributed by atoms with E-state index in [-0.39, 0.29) is 0 Å². The summed E-state index contributed by atoms with van der Waals surface area (Å²) < 4.78 is 1.97. The number of H-pyrrole nitrogens is 1. The van der Waals surface area contributed by atoms with Crippen LogP contribution in [0.2, 0.25) is 5.02 Å². The molecule has 0 aliphatic heterocycles. The Hall–Kier alpha value is -2.44. The minimum atomic E-state index is 0.408. The first kappa shape index (κ1) is 16.4. The maximum Gasteiger partial charge on any atom is 0.216 e. The minimum Gasteiger partial charge on any atom is -0.378 e. The van der Waals surface area contributed by atoms with Crippen LogP contribution in [0, 0.1) is 4.77 Å². The smallest absolute Gasteiger partial charge is 0.216 e. The number of anilines is 1. The molecule has 1 N–H and O–H groups in total. The number of halogens is 1. The third kappa shape index (κ3) is 3.39. The lowest BCUT2D eigenvalue weighted by molar-refractivity contribution is 0.871. The molecule has 3 rings (SSSR count). The predicted octanol–water partition coefficient (Wildman–Crippen LogP) is 4.21. The first-order chi connectivity index (χ1) is 11.6. The topological polar surface area (TPSA) is 49.2 Å². The summed E-state index contributed by atoms with van der Waals surface area (Å²) in [6.45, 7) is 0. The van der Waals surface area contributed by atoms with E-state index in [1.165, 1.54) is 0 Å². The molecular weight excluding hydrogens is 342 g/mol. The van der Waals surface area contributed by atoms with Gasteiger partial charge in [0.05, 0.1) is 11.2 Å². The number of aromatic nitrogens is 3. The Morgan fingerprint density at radius 3 is 2.54 bits per heavy atom. The van der Waals surface area contributed by atoms with Crippen molar-refractivity contribution in [2.75, 3.05) is 19.0 Å². The second kappa shape index (κ2) is 6.98. The Bertz CT molecular complexity index is 925. The van der Waals surface area contributed by atoms with E-state index in [0.29, 0.717) is 15.6 Å². The fourth-order valence-electron chi connectivity index (χ4n) is 2.20. The molecule has 0 spiro atoms. The molecule has 0 unspecified atom stereocenters. The highest BCUT2D eigenvalue weighted by molar-refractivity contribution is 7.71. The van der Waals surface area contributed by atoms with E-state index in [1.54, 1.807) is 10.9 Å². The predicted molar refractivity (Wildman–Crippen MR) is 102 cm³/mol. The van der Waals surface area contributed by atoms with Gasteiger partial charge in [-0.1, -0.05) is 35.9 Å². The van der Waals surface area contributed by atoms with Crippen molar-refractivity contribution in [2.24, 2.45) is 5.10 Å². The zero-order valence-corrected chi connectivity index (χ0v) is 14.8. The van der Waals surface area contributed by atoms with E-state index in [4.69, 9.17) is 23.8 Å². The van der Waals surface area contributed by atoms with Crippen LogP contribution in [0.4, 0.5) is 5.69 Å². The number of hydrogen-bond acceptors (Lipinski definition) is 4. The van der Waals surface area contributed by atoms with Gasteiger partial charge in [0, 0.05) is 25.3 Å². The van der Waals surface area contributed by atoms with E-state index in [1.807, 2.05) is 67.5 Å². The van der Waals surface area contributed by atoms with Gasteiger partial charge in [0.1, 0.15) is 0 Å². The average molecular weight is 358 g/mol. The van der Waals surface area contributed by atoms with Gasteiger partial charge in [0.15, 0.2) is 5.82 Å². The molecule has 0 atom stereocenters. The Balaban J connectivity index is 1.95. The summed E-state index contributed by atoms with van der Waals surface area (Å²) in [7, 11) is 4.01. The molecule has 2 aromatic carbocycles. The van der Waals surface area contributed by atoms with E-state index in [2.05, 4.69) is 15.3 Å². The van der Waals surface area contributed by atoms with Crippen LogP contribution < -0.4 is 4.90 Å². The summed E-state index contributed by atoms with van der Waals surface area (Å²) in [6.07, 6.45) is 1.74. The van der Waals surface area contributed by atoms with Gasteiger partial charge in [-0.3, -0.25) is 0 Å². The van der Waals surface area contributed by atoms with E-state index >= 15 is 0 Å². The maximum absolute atomic E-state index is 6.25. The van der Waals surface area contributed by atoms with Gasteiger partial charge < -0.3 is 4.90 Å². The molecule has 0 saturated heterocycles. The highest BCUT2D eigenvalue weighted by Crippen LogP contribution is 2.25. The minimum absolute atomic E-state index is 0.408.